The van der Waals surface area contributed by atoms with E-state index in [9.17, 15) is 0 Å². The number of hydrogen-bond donors (Lipinski definition) is 4. The summed E-state index contributed by atoms with van der Waals surface area (Å²) in [6.45, 7) is 7.32. The second-order valence-electron chi connectivity index (χ2n) is 5.76. The molecule has 0 rings (SSSR count). The molecule has 0 heterocycles. The first-order chi connectivity index (χ1) is 11.4. The van der Waals surface area contributed by atoms with Crippen molar-refractivity contribution < 1.29 is 19.8 Å². The van der Waals surface area contributed by atoms with Crippen LogP contribution in [0.5, 0.6) is 0 Å². The van der Waals surface area contributed by atoms with Crippen molar-refractivity contribution in [2.75, 3.05) is 19.6 Å². The summed E-state index contributed by atoms with van der Waals surface area (Å²) < 4.78 is 0. The highest BCUT2D eigenvalue weighted by Gasteiger charge is 1.92. The van der Waals surface area contributed by atoms with Crippen molar-refractivity contribution in [3.8, 4) is 0 Å². The van der Waals surface area contributed by atoms with Crippen LogP contribution in [-0.4, -0.2) is 41.8 Å². The van der Waals surface area contributed by atoms with Crippen LogP contribution in [0.3, 0.4) is 0 Å². The van der Waals surface area contributed by atoms with Gasteiger partial charge in [0.25, 0.3) is 11.9 Å². The summed E-state index contributed by atoms with van der Waals surface area (Å²) in [7, 11) is 0. The second-order valence-corrected chi connectivity index (χ2v) is 5.76. The van der Waals surface area contributed by atoms with Crippen LogP contribution in [0.15, 0.2) is 0 Å². The Morgan fingerprint density at radius 1 is 0.750 bits per heavy atom. The van der Waals surface area contributed by atoms with Crippen LogP contribution in [0.4, 0.5) is 0 Å². The Labute approximate surface area is 148 Å². The van der Waals surface area contributed by atoms with Crippen molar-refractivity contribution in [2.45, 2.75) is 85.0 Å². The van der Waals surface area contributed by atoms with Gasteiger partial charge in [-0.2, -0.15) is 0 Å². The molecule has 0 unspecified atom stereocenters. The molecule has 24 heavy (non-hydrogen) atoms. The van der Waals surface area contributed by atoms with Gasteiger partial charge in [0.15, 0.2) is 0 Å². The van der Waals surface area contributed by atoms with Crippen LogP contribution >= 0.6 is 0 Å². The van der Waals surface area contributed by atoms with E-state index >= 15 is 0 Å². The van der Waals surface area contributed by atoms with Crippen molar-refractivity contribution in [1.82, 2.24) is 5.32 Å². The lowest BCUT2D eigenvalue weighted by Crippen LogP contribution is -2.23. The molecule has 0 bridgehead atoms. The number of nitrogens with two attached hydrogens (primary N) is 1. The summed E-state index contributed by atoms with van der Waals surface area (Å²) in [6, 6.07) is 0. The molecule has 0 saturated heterocycles. The Morgan fingerprint density at radius 3 is 1.42 bits per heavy atom. The van der Waals surface area contributed by atoms with Crippen molar-refractivity contribution in [3.05, 3.63) is 0 Å². The molecule has 0 aliphatic heterocycles. The third-order valence-corrected chi connectivity index (χ3v) is 3.03. The van der Waals surface area contributed by atoms with Gasteiger partial charge in [0.05, 0.1) is 0 Å². The third kappa shape index (κ3) is 58.5. The van der Waals surface area contributed by atoms with Crippen LogP contribution in [0.1, 0.15) is 85.0 Å². The summed E-state index contributed by atoms with van der Waals surface area (Å²) >= 11 is 0. The Bertz CT molecular complexity index is 227. The van der Waals surface area contributed by atoms with E-state index in [0.29, 0.717) is 0 Å². The van der Waals surface area contributed by atoms with Crippen molar-refractivity contribution in [3.63, 3.8) is 0 Å². The minimum atomic E-state index is -0.833. The molecule has 6 heteroatoms. The number of hydrogen-bond acceptors (Lipinski definition) is 4. The average Bonchev–Trinajstić information content (AvgIpc) is 2.47. The van der Waals surface area contributed by atoms with E-state index in [1.807, 2.05) is 0 Å². The smallest absolute Gasteiger partial charge is 0.300 e. The van der Waals surface area contributed by atoms with Crippen molar-refractivity contribution in [2.24, 2.45) is 5.73 Å². The van der Waals surface area contributed by atoms with E-state index in [0.717, 1.165) is 33.5 Å². The molecule has 0 aromatic heterocycles. The molecule has 0 atom stereocenters. The second kappa shape index (κ2) is 26.7. The van der Waals surface area contributed by atoms with Crippen LogP contribution in [0.25, 0.3) is 0 Å². The van der Waals surface area contributed by atoms with Crippen molar-refractivity contribution in [1.29, 1.82) is 0 Å². The van der Waals surface area contributed by atoms with Gasteiger partial charge in [-0.3, -0.25) is 9.59 Å². The Kier molecular flexibility index (Phi) is 30.9. The maximum absolute atomic E-state index is 9.00. The fourth-order valence-corrected chi connectivity index (χ4v) is 1.96. The molecule has 0 aliphatic carbocycles. The van der Waals surface area contributed by atoms with E-state index in [1.165, 1.54) is 64.2 Å². The Balaban J connectivity index is -0.000000457. The molecule has 6 nitrogen and oxygen atoms in total. The molecule has 0 spiro atoms. The highest BCUT2D eigenvalue weighted by molar-refractivity contribution is 5.63. The monoisotopic (exact) mass is 348 g/mol. The molecule has 146 valence electrons. The number of carboxylic acids is 2. The molecule has 0 aliphatic rings. The molecule has 0 aromatic rings. The van der Waals surface area contributed by atoms with Gasteiger partial charge in [-0.15, -0.1) is 0 Å². The zero-order valence-corrected chi connectivity index (χ0v) is 16.0. The number of unbranched alkanes of at least 4 members (excludes halogenated alkanes) is 9. The lowest BCUT2D eigenvalue weighted by Gasteiger charge is -2.03. The van der Waals surface area contributed by atoms with Gasteiger partial charge >= 0.3 is 0 Å². The third-order valence-electron chi connectivity index (χ3n) is 3.03. The van der Waals surface area contributed by atoms with Gasteiger partial charge in [-0.05, 0) is 13.0 Å². The SMILES string of the molecule is CC(=O)O.CC(=O)O.CCCCCCCCCCCCNCCN. The van der Waals surface area contributed by atoms with Crippen LogP contribution in [-0.2, 0) is 9.59 Å². The first kappa shape index (κ1) is 27.7. The molecular formula is C18H40N2O4. The predicted molar refractivity (Wildman–Crippen MR) is 100 cm³/mol. The maximum Gasteiger partial charge on any atom is 0.300 e. The molecule has 0 saturated carbocycles. The fourth-order valence-electron chi connectivity index (χ4n) is 1.96. The van der Waals surface area contributed by atoms with E-state index in [1.54, 1.807) is 0 Å². The quantitative estimate of drug-likeness (QED) is 0.378. The summed E-state index contributed by atoms with van der Waals surface area (Å²) in [4.78, 5) is 18.0. The normalized spacial score (nSPS) is 9.33. The van der Waals surface area contributed by atoms with Gasteiger partial charge in [0.2, 0.25) is 0 Å². The fraction of sp³-hybridized carbons (Fsp3) is 0.889. The summed E-state index contributed by atoms with van der Waals surface area (Å²) in [5, 5.41) is 18.2. The maximum atomic E-state index is 9.00. The van der Waals surface area contributed by atoms with Gasteiger partial charge in [0.1, 0.15) is 0 Å². The molecule has 5 N–H and O–H groups in total. The zero-order chi connectivity index (χ0) is 19.1. The lowest BCUT2D eigenvalue weighted by molar-refractivity contribution is -0.135. The number of carboxylic acid groups (broad SMARTS) is 2. The predicted octanol–water partition coefficient (Wildman–Crippen LogP) is 3.64. The summed E-state index contributed by atoms with van der Waals surface area (Å²) in [6.07, 6.45) is 14.1. The first-order valence-electron chi connectivity index (χ1n) is 9.18. The topological polar surface area (TPSA) is 113 Å². The zero-order valence-electron chi connectivity index (χ0n) is 16.0. The Hall–Kier alpha value is -1.14. The van der Waals surface area contributed by atoms with Crippen LogP contribution in [0.2, 0.25) is 0 Å². The standard InChI is InChI=1S/C14H32N2.2C2H4O2/c1-2-3-4-5-6-7-8-9-10-11-13-16-14-12-15;2*1-2(3)4/h16H,2-15H2,1H3;2*1H3,(H,3,4). The molecular weight excluding hydrogens is 308 g/mol. The molecule has 0 amide bonds. The van der Waals surface area contributed by atoms with Crippen molar-refractivity contribution >= 4 is 11.9 Å². The number of rotatable bonds is 13. The first-order valence-corrected chi connectivity index (χ1v) is 9.18. The highest BCUT2D eigenvalue weighted by atomic mass is 16.4. The number of aliphatic carboxylic acids is 2. The van der Waals surface area contributed by atoms with E-state index < -0.39 is 11.9 Å². The van der Waals surface area contributed by atoms with E-state index in [4.69, 9.17) is 25.5 Å². The van der Waals surface area contributed by atoms with Gasteiger partial charge in [0, 0.05) is 26.9 Å². The largest absolute Gasteiger partial charge is 0.481 e. The summed E-state index contributed by atoms with van der Waals surface area (Å²) in [5.74, 6) is -1.67. The van der Waals surface area contributed by atoms with E-state index in [-0.39, 0.29) is 0 Å². The lowest BCUT2D eigenvalue weighted by atomic mass is 10.1. The highest BCUT2D eigenvalue weighted by Crippen LogP contribution is 2.10. The Morgan fingerprint density at radius 2 is 1.08 bits per heavy atom. The van der Waals surface area contributed by atoms with Gasteiger partial charge < -0.3 is 21.3 Å². The van der Waals surface area contributed by atoms with Crippen LogP contribution in [0, 0.1) is 0 Å². The average molecular weight is 349 g/mol. The number of nitrogens with one attached hydrogen (secondary N) is 1. The molecule has 0 fully saturated rings. The summed E-state index contributed by atoms with van der Waals surface area (Å²) in [5.41, 5.74) is 5.40. The number of carbonyl (C=O) groups is 2. The minimum Gasteiger partial charge on any atom is -0.481 e. The van der Waals surface area contributed by atoms with Gasteiger partial charge in [-0.25, -0.2) is 0 Å². The van der Waals surface area contributed by atoms with Gasteiger partial charge in [-0.1, -0.05) is 64.7 Å². The van der Waals surface area contributed by atoms with E-state index in [2.05, 4.69) is 12.2 Å². The molecule has 0 radical (unpaired) electrons. The molecule has 0 aromatic carbocycles. The van der Waals surface area contributed by atoms with Crippen LogP contribution < -0.4 is 11.1 Å². The minimum absolute atomic E-state index is 0.762.